The molecular formula is C19H26N6O. The highest BCUT2D eigenvalue weighted by Crippen LogP contribution is 2.25. The number of hydrogen-bond donors (Lipinski definition) is 1. The molecule has 0 saturated heterocycles. The van der Waals surface area contributed by atoms with Crippen LogP contribution in [0.4, 0.5) is 0 Å². The molecule has 26 heavy (non-hydrogen) atoms. The fourth-order valence-electron chi connectivity index (χ4n) is 3.30. The Hall–Kier alpha value is -2.70. The van der Waals surface area contributed by atoms with Crippen LogP contribution in [-0.4, -0.2) is 30.5 Å². The molecule has 3 heterocycles. The maximum absolute atomic E-state index is 13.0. The van der Waals surface area contributed by atoms with Crippen molar-refractivity contribution >= 4 is 16.9 Å². The van der Waals surface area contributed by atoms with Crippen molar-refractivity contribution in [3.63, 3.8) is 0 Å². The van der Waals surface area contributed by atoms with E-state index in [0.29, 0.717) is 5.56 Å². The van der Waals surface area contributed by atoms with Crippen molar-refractivity contribution in [2.75, 3.05) is 0 Å². The van der Waals surface area contributed by atoms with Crippen molar-refractivity contribution in [3.05, 3.63) is 41.0 Å². The number of fused-ring (bicyclic) bond motifs is 1. The molecular weight excluding hydrogens is 328 g/mol. The Morgan fingerprint density at radius 3 is 2.65 bits per heavy atom. The van der Waals surface area contributed by atoms with Crippen LogP contribution in [0, 0.1) is 13.8 Å². The Morgan fingerprint density at radius 2 is 2.00 bits per heavy atom. The minimum atomic E-state index is -0.145. The molecule has 3 aromatic heterocycles. The smallest absolute Gasteiger partial charge is 0.252 e. The van der Waals surface area contributed by atoms with Gasteiger partial charge < -0.3 is 5.32 Å². The molecule has 1 amide bonds. The van der Waals surface area contributed by atoms with Crippen LogP contribution in [0.5, 0.6) is 0 Å². The first-order valence-electron chi connectivity index (χ1n) is 9.02. The molecule has 0 aliphatic heterocycles. The lowest BCUT2D eigenvalue weighted by Crippen LogP contribution is -2.28. The average Bonchev–Trinajstić information content (AvgIpc) is 3.18. The van der Waals surface area contributed by atoms with Crippen molar-refractivity contribution in [1.29, 1.82) is 0 Å². The maximum atomic E-state index is 13.0. The van der Waals surface area contributed by atoms with Crippen molar-refractivity contribution in [1.82, 2.24) is 29.9 Å². The van der Waals surface area contributed by atoms with Crippen LogP contribution in [0.25, 0.3) is 11.0 Å². The fraction of sp³-hybridized carbons (Fsp3) is 0.474. The van der Waals surface area contributed by atoms with Crippen LogP contribution < -0.4 is 5.32 Å². The maximum Gasteiger partial charge on any atom is 0.252 e. The summed E-state index contributed by atoms with van der Waals surface area (Å²) in [5, 5.41) is 12.8. The lowest BCUT2D eigenvalue weighted by Gasteiger charge is -2.16. The highest BCUT2D eigenvalue weighted by atomic mass is 16.1. The summed E-state index contributed by atoms with van der Waals surface area (Å²) in [7, 11) is 0. The molecule has 0 aliphatic rings. The highest BCUT2D eigenvalue weighted by Gasteiger charge is 2.22. The number of carbonyl (C=O) groups excluding carboxylic acids is 1. The van der Waals surface area contributed by atoms with Crippen LogP contribution in [0.1, 0.15) is 67.2 Å². The number of aryl methyl sites for hydroxylation is 3. The number of rotatable bonds is 5. The molecule has 0 saturated carbocycles. The number of pyridine rings is 1. The third kappa shape index (κ3) is 3.09. The Bertz CT molecular complexity index is 952. The van der Waals surface area contributed by atoms with Crippen LogP contribution in [0.15, 0.2) is 18.3 Å². The molecule has 1 N–H and O–H groups in total. The summed E-state index contributed by atoms with van der Waals surface area (Å²) in [6.07, 6.45) is 1.76. The summed E-state index contributed by atoms with van der Waals surface area (Å²) < 4.78 is 3.77. The van der Waals surface area contributed by atoms with E-state index in [4.69, 9.17) is 0 Å². The summed E-state index contributed by atoms with van der Waals surface area (Å²) in [6, 6.07) is 3.80. The van der Waals surface area contributed by atoms with Gasteiger partial charge in [0.05, 0.1) is 28.4 Å². The van der Waals surface area contributed by atoms with Crippen molar-refractivity contribution in [2.24, 2.45) is 0 Å². The summed E-state index contributed by atoms with van der Waals surface area (Å²) in [5.74, 6) is -0.122. The average molecular weight is 354 g/mol. The highest BCUT2D eigenvalue weighted by molar-refractivity contribution is 6.06. The first-order valence-corrected chi connectivity index (χ1v) is 9.02. The van der Waals surface area contributed by atoms with E-state index < -0.39 is 0 Å². The van der Waals surface area contributed by atoms with Gasteiger partial charge in [0.15, 0.2) is 5.65 Å². The van der Waals surface area contributed by atoms with Gasteiger partial charge in [-0.1, -0.05) is 0 Å². The summed E-state index contributed by atoms with van der Waals surface area (Å²) in [6.45, 7) is 12.7. The molecule has 0 radical (unpaired) electrons. The van der Waals surface area contributed by atoms with Gasteiger partial charge in [-0.2, -0.15) is 10.2 Å². The second kappa shape index (κ2) is 6.90. The van der Waals surface area contributed by atoms with E-state index in [-0.39, 0.29) is 18.0 Å². The molecule has 138 valence electrons. The van der Waals surface area contributed by atoms with E-state index in [1.807, 2.05) is 49.2 Å². The minimum Gasteiger partial charge on any atom is -0.344 e. The van der Waals surface area contributed by atoms with Gasteiger partial charge in [-0.05, 0) is 53.7 Å². The van der Waals surface area contributed by atoms with Gasteiger partial charge in [-0.3, -0.25) is 9.48 Å². The molecule has 7 nitrogen and oxygen atoms in total. The second-order valence-corrected chi connectivity index (χ2v) is 6.90. The van der Waals surface area contributed by atoms with Crippen LogP contribution >= 0.6 is 0 Å². The largest absolute Gasteiger partial charge is 0.344 e. The molecule has 0 spiro atoms. The van der Waals surface area contributed by atoms with Crippen molar-refractivity contribution in [2.45, 2.75) is 60.2 Å². The molecule has 1 atom stereocenters. The van der Waals surface area contributed by atoms with Crippen molar-refractivity contribution in [3.8, 4) is 0 Å². The number of nitrogens with zero attached hydrogens (tertiary/aromatic N) is 5. The molecule has 0 aromatic carbocycles. The second-order valence-electron chi connectivity index (χ2n) is 6.90. The standard InChI is InChI=1S/C19H26N6O/c1-7-24-16(8-9-20-24)13(5)22-19(26)15-10-12(4)21-18-17(15)14(6)23-25(18)11(2)3/h8-11,13H,7H2,1-6H3,(H,22,26). The number of amides is 1. The van der Waals surface area contributed by atoms with E-state index in [9.17, 15) is 4.79 Å². The molecule has 3 aromatic rings. The van der Waals surface area contributed by atoms with E-state index in [1.165, 1.54) is 0 Å². The summed E-state index contributed by atoms with van der Waals surface area (Å²) in [4.78, 5) is 17.7. The van der Waals surface area contributed by atoms with Crippen LogP contribution in [0.3, 0.4) is 0 Å². The van der Waals surface area contributed by atoms with E-state index in [1.54, 1.807) is 6.20 Å². The first kappa shape index (κ1) is 18.1. The Morgan fingerprint density at radius 1 is 1.27 bits per heavy atom. The number of hydrogen-bond acceptors (Lipinski definition) is 4. The van der Waals surface area contributed by atoms with E-state index in [2.05, 4.69) is 34.3 Å². The van der Waals surface area contributed by atoms with Gasteiger partial charge in [-0.15, -0.1) is 0 Å². The Labute approximate surface area is 153 Å². The van der Waals surface area contributed by atoms with Gasteiger partial charge in [-0.25, -0.2) is 9.67 Å². The predicted octanol–water partition coefficient (Wildman–Crippen LogP) is 3.34. The number of carbonyl (C=O) groups is 1. The molecule has 0 bridgehead atoms. The van der Waals surface area contributed by atoms with Crippen LogP contribution in [0.2, 0.25) is 0 Å². The topological polar surface area (TPSA) is 77.6 Å². The van der Waals surface area contributed by atoms with Gasteiger partial charge in [0.1, 0.15) is 0 Å². The number of nitrogens with one attached hydrogen (secondary N) is 1. The van der Waals surface area contributed by atoms with Gasteiger partial charge in [0.25, 0.3) is 5.91 Å². The zero-order valence-electron chi connectivity index (χ0n) is 16.2. The lowest BCUT2D eigenvalue weighted by molar-refractivity contribution is 0.0939. The van der Waals surface area contributed by atoms with Gasteiger partial charge >= 0.3 is 0 Å². The predicted molar refractivity (Wildman–Crippen MR) is 101 cm³/mol. The Balaban J connectivity index is 2.01. The minimum absolute atomic E-state index is 0.122. The third-order valence-electron chi connectivity index (χ3n) is 4.54. The van der Waals surface area contributed by atoms with Crippen molar-refractivity contribution < 1.29 is 4.79 Å². The zero-order valence-corrected chi connectivity index (χ0v) is 16.2. The van der Waals surface area contributed by atoms with E-state index >= 15 is 0 Å². The fourth-order valence-corrected chi connectivity index (χ4v) is 3.30. The molecule has 3 rings (SSSR count). The normalized spacial score (nSPS) is 12.7. The number of aromatic nitrogens is 5. The quantitative estimate of drug-likeness (QED) is 0.762. The molecule has 0 aliphatic carbocycles. The van der Waals surface area contributed by atoms with Gasteiger partial charge in [0, 0.05) is 24.5 Å². The monoisotopic (exact) mass is 354 g/mol. The van der Waals surface area contributed by atoms with Gasteiger partial charge in [0.2, 0.25) is 0 Å². The molecule has 1 unspecified atom stereocenters. The first-order chi connectivity index (χ1) is 12.3. The summed E-state index contributed by atoms with van der Waals surface area (Å²) >= 11 is 0. The van der Waals surface area contributed by atoms with Crippen LogP contribution in [-0.2, 0) is 6.54 Å². The molecule has 7 heteroatoms. The lowest BCUT2D eigenvalue weighted by atomic mass is 10.1. The summed E-state index contributed by atoms with van der Waals surface area (Å²) in [5.41, 5.74) is 3.98. The third-order valence-corrected chi connectivity index (χ3v) is 4.54. The van der Waals surface area contributed by atoms with E-state index in [0.717, 1.165) is 34.7 Å². The zero-order chi connectivity index (χ0) is 19.0. The SMILES string of the molecule is CCn1nccc1C(C)NC(=O)c1cc(C)nc2c1c(C)nn2C(C)C. The molecule has 0 fully saturated rings. The Kier molecular flexibility index (Phi) is 4.80.